The first-order chi connectivity index (χ1) is 11.2. The van der Waals surface area contributed by atoms with Gasteiger partial charge in [-0.25, -0.2) is 4.79 Å². The number of benzene rings is 2. The van der Waals surface area contributed by atoms with Crippen molar-refractivity contribution in [1.29, 1.82) is 0 Å². The molecule has 2 N–H and O–H groups in total. The number of carbonyl (C=O) groups is 1. The molecule has 2 aromatic carbocycles. The Morgan fingerprint density at radius 3 is 2.83 bits per heavy atom. The standard InChI is InChI=1S/C19H18N2O2/c1-12-18(19(22)23)14-6-2-3-9-17(14)21(12)16-10-4-8-15-13(16)7-5-11-20-15/h2-4,6,8-10,20H,5,7,11H2,1H3,(H,22,23). The van der Waals surface area contributed by atoms with Crippen molar-refractivity contribution in [3.8, 4) is 5.69 Å². The van der Waals surface area contributed by atoms with E-state index in [1.54, 1.807) is 0 Å². The minimum absolute atomic E-state index is 0.391. The fourth-order valence-electron chi connectivity index (χ4n) is 3.65. The summed E-state index contributed by atoms with van der Waals surface area (Å²) in [6.45, 7) is 2.88. The van der Waals surface area contributed by atoms with Crippen LogP contribution in [0.15, 0.2) is 42.5 Å². The molecule has 0 saturated carbocycles. The van der Waals surface area contributed by atoms with Gasteiger partial charge in [-0.2, -0.15) is 0 Å². The highest BCUT2D eigenvalue weighted by Crippen LogP contribution is 2.34. The molecule has 1 aromatic heterocycles. The number of anilines is 1. The molecule has 116 valence electrons. The maximum absolute atomic E-state index is 11.7. The number of carboxylic acids is 1. The minimum atomic E-state index is -0.875. The van der Waals surface area contributed by atoms with Crippen molar-refractivity contribution in [2.75, 3.05) is 11.9 Å². The van der Waals surface area contributed by atoms with Gasteiger partial charge in [0.15, 0.2) is 0 Å². The number of nitrogens with zero attached hydrogens (tertiary/aromatic N) is 1. The van der Waals surface area contributed by atoms with Crippen molar-refractivity contribution in [3.05, 3.63) is 59.3 Å². The van der Waals surface area contributed by atoms with Gasteiger partial charge in [-0.15, -0.1) is 0 Å². The molecule has 0 unspecified atom stereocenters. The van der Waals surface area contributed by atoms with E-state index in [1.165, 1.54) is 5.56 Å². The van der Waals surface area contributed by atoms with Gasteiger partial charge < -0.3 is 15.0 Å². The number of hydrogen-bond acceptors (Lipinski definition) is 2. The fraction of sp³-hybridized carbons (Fsp3) is 0.211. The third kappa shape index (κ3) is 2.02. The Bertz CT molecular complexity index is 925. The van der Waals surface area contributed by atoms with E-state index in [0.29, 0.717) is 5.56 Å². The monoisotopic (exact) mass is 306 g/mol. The second-order valence-corrected chi connectivity index (χ2v) is 5.95. The molecule has 0 bridgehead atoms. The molecule has 0 spiro atoms. The van der Waals surface area contributed by atoms with Crippen LogP contribution in [0.1, 0.15) is 28.0 Å². The van der Waals surface area contributed by atoms with E-state index in [1.807, 2.05) is 37.3 Å². The van der Waals surface area contributed by atoms with Crippen molar-refractivity contribution in [1.82, 2.24) is 4.57 Å². The first-order valence-corrected chi connectivity index (χ1v) is 7.88. The van der Waals surface area contributed by atoms with E-state index in [4.69, 9.17) is 0 Å². The number of hydrogen-bond donors (Lipinski definition) is 2. The molecule has 0 aliphatic carbocycles. The predicted octanol–water partition coefficient (Wildman–Crippen LogP) is 4.00. The second kappa shape index (κ2) is 5.16. The maximum atomic E-state index is 11.7. The lowest BCUT2D eigenvalue weighted by molar-refractivity contribution is 0.0698. The maximum Gasteiger partial charge on any atom is 0.338 e. The zero-order valence-electron chi connectivity index (χ0n) is 13.0. The van der Waals surface area contributed by atoms with Crippen LogP contribution in [-0.4, -0.2) is 22.2 Å². The molecule has 1 aliphatic rings. The molecular weight excluding hydrogens is 288 g/mol. The number of fused-ring (bicyclic) bond motifs is 2. The van der Waals surface area contributed by atoms with Crippen LogP contribution >= 0.6 is 0 Å². The third-order valence-electron chi connectivity index (χ3n) is 4.64. The van der Waals surface area contributed by atoms with Gasteiger partial charge in [0.1, 0.15) is 0 Å². The van der Waals surface area contributed by atoms with Crippen molar-refractivity contribution in [2.24, 2.45) is 0 Å². The Morgan fingerprint density at radius 2 is 2.00 bits per heavy atom. The van der Waals surface area contributed by atoms with Crippen LogP contribution in [-0.2, 0) is 6.42 Å². The zero-order valence-corrected chi connectivity index (χ0v) is 13.0. The summed E-state index contributed by atoms with van der Waals surface area (Å²) in [6, 6.07) is 13.9. The van der Waals surface area contributed by atoms with Gasteiger partial charge >= 0.3 is 5.97 Å². The second-order valence-electron chi connectivity index (χ2n) is 5.95. The van der Waals surface area contributed by atoms with Gasteiger partial charge in [-0.1, -0.05) is 24.3 Å². The molecule has 4 rings (SSSR count). The predicted molar refractivity (Wildman–Crippen MR) is 91.8 cm³/mol. The molecule has 1 aliphatic heterocycles. The van der Waals surface area contributed by atoms with E-state index < -0.39 is 5.97 Å². The largest absolute Gasteiger partial charge is 0.478 e. The summed E-state index contributed by atoms with van der Waals surface area (Å²) in [5.41, 5.74) is 5.61. The van der Waals surface area contributed by atoms with Crippen LogP contribution in [0.5, 0.6) is 0 Å². The topological polar surface area (TPSA) is 54.3 Å². The number of para-hydroxylation sites is 1. The van der Waals surface area contributed by atoms with E-state index >= 15 is 0 Å². The van der Waals surface area contributed by atoms with E-state index in [0.717, 1.165) is 47.4 Å². The molecule has 3 aromatic rings. The Kier molecular flexibility index (Phi) is 3.11. The Morgan fingerprint density at radius 1 is 1.17 bits per heavy atom. The number of aromatic carboxylic acids is 1. The molecule has 0 saturated heterocycles. The normalized spacial score (nSPS) is 13.6. The number of carboxylic acid groups (broad SMARTS) is 1. The summed E-state index contributed by atoms with van der Waals surface area (Å²) in [6.07, 6.45) is 2.10. The number of aromatic nitrogens is 1. The van der Waals surface area contributed by atoms with Gasteiger partial charge in [-0.05, 0) is 43.5 Å². The molecular formula is C19H18N2O2. The Labute approximate surface area is 134 Å². The van der Waals surface area contributed by atoms with Crippen LogP contribution in [0, 0.1) is 6.92 Å². The van der Waals surface area contributed by atoms with Crippen LogP contribution in [0.3, 0.4) is 0 Å². The molecule has 23 heavy (non-hydrogen) atoms. The summed E-state index contributed by atoms with van der Waals surface area (Å²) >= 11 is 0. The smallest absolute Gasteiger partial charge is 0.338 e. The quantitative estimate of drug-likeness (QED) is 0.752. The highest BCUT2D eigenvalue weighted by molar-refractivity contribution is 6.05. The minimum Gasteiger partial charge on any atom is -0.478 e. The lowest BCUT2D eigenvalue weighted by Crippen LogP contribution is -2.14. The SMILES string of the molecule is Cc1c(C(=O)O)c2ccccc2n1-c1cccc2c1CCCN2. The third-order valence-corrected chi connectivity index (χ3v) is 4.64. The van der Waals surface area contributed by atoms with Crippen molar-refractivity contribution >= 4 is 22.6 Å². The fourth-order valence-corrected chi connectivity index (χ4v) is 3.65. The van der Waals surface area contributed by atoms with Crippen LogP contribution in [0.4, 0.5) is 5.69 Å². The van der Waals surface area contributed by atoms with Crippen molar-refractivity contribution in [2.45, 2.75) is 19.8 Å². The molecule has 0 amide bonds. The Balaban J connectivity index is 2.08. The number of nitrogens with one attached hydrogen (secondary N) is 1. The van der Waals surface area contributed by atoms with Gasteiger partial charge in [0.25, 0.3) is 0 Å². The molecule has 2 heterocycles. The van der Waals surface area contributed by atoms with Gasteiger partial charge in [0, 0.05) is 23.3 Å². The van der Waals surface area contributed by atoms with Crippen LogP contribution < -0.4 is 5.32 Å². The van der Waals surface area contributed by atoms with Crippen molar-refractivity contribution in [3.63, 3.8) is 0 Å². The summed E-state index contributed by atoms with van der Waals surface area (Å²) in [7, 11) is 0. The van der Waals surface area contributed by atoms with Gasteiger partial charge in [-0.3, -0.25) is 0 Å². The lowest BCUT2D eigenvalue weighted by atomic mass is 10.0. The van der Waals surface area contributed by atoms with Crippen LogP contribution in [0.25, 0.3) is 16.6 Å². The summed E-state index contributed by atoms with van der Waals surface area (Å²) in [5, 5.41) is 13.9. The molecule has 0 atom stereocenters. The summed E-state index contributed by atoms with van der Waals surface area (Å²) < 4.78 is 2.09. The molecule has 4 nitrogen and oxygen atoms in total. The Hall–Kier alpha value is -2.75. The summed E-state index contributed by atoms with van der Waals surface area (Å²) in [5.74, 6) is -0.875. The van der Waals surface area contributed by atoms with E-state index in [2.05, 4.69) is 22.0 Å². The van der Waals surface area contributed by atoms with E-state index in [-0.39, 0.29) is 0 Å². The van der Waals surface area contributed by atoms with Gasteiger partial charge in [0.05, 0.1) is 16.8 Å². The molecule has 0 fully saturated rings. The molecule has 0 radical (unpaired) electrons. The highest BCUT2D eigenvalue weighted by atomic mass is 16.4. The van der Waals surface area contributed by atoms with Gasteiger partial charge in [0.2, 0.25) is 0 Å². The highest BCUT2D eigenvalue weighted by Gasteiger charge is 2.22. The van der Waals surface area contributed by atoms with Crippen molar-refractivity contribution < 1.29 is 9.90 Å². The molecule has 4 heteroatoms. The van der Waals surface area contributed by atoms with E-state index in [9.17, 15) is 9.90 Å². The first kappa shape index (κ1) is 13.9. The zero-order chi connectivity index (χ0) is 16.0. The average Bonchev–Trinajstić information content (AvgIpc) is 2.86. The van der Waals surface area contributed by atoms with Crippen LogP contribution in [0.2, 0.25) is 0 Å². The number of rotatable bonds is 2. The average molecular weight is 306 g/mol. The first-order valence-electron chi connectivity index (χ1n) is 7.88. The summed E-state index contributed by atoms with van der Waals surface area (Å²) in [4.78, 5) is 11.7. The lowest BCUT2D eigenvalue weighted by Gasteiger charge is -2.22.